The van der Waals surface area contributed by atoms with Crippen molar-refractivity contribution in [3.05, 3.63) is 40.4 Å². The van der Waals surface area contributed by atoms with Crippen LogP contribution in [0.25, 0.3) is 16.1 Å². The topological polar surface area (TPSA) is 93.5 Å². The normalized spacial score (nSPS) is 11.0. The van der Waals surface area contributed by atoms with Crippen molar-refractivity contribution >= 4 is 21.4 Å². The van der Waals surface area contributed by atoms with Gasteiger partial charge < -0.3 is 10.8 Å². The number of nitrogens with zero attached hydrogens (tertiary/aromatic N) is 3. The maximum absolute atomic E-state index is 13.2. The molecule has 2 heterocycles. The van der Waals surface area contributed by atoms with Crippen LogP contribution in [0.5, 0.6) is 5.88 Å². The molecule has 0 unspecified atom stereocenters. The van der Waals surface area contributed by atoms with E-state index in [1.54, 1.807) is 0 Å². The number of hydrogen-bond acceptors (Lipinski definition) is 6. The summed E-state index contributed by atoms with van der Waals surface area (Å²) >= 11 is 0.972. The molecule has 0 amide bonds. The molecule has 0 bridgehead atoms. The molecule has 6 nitrogen and oxygen atoms in total. The van der Waals surface area contributed by atoms with Crippen molar-refractivity contribution in [2.24, 2.45) is 0 Å². The van der Waals surface area contributed by atoms with E-state index >= 15 is 0 Å². The van der Waals surface area contributed by atoms with E-state index in [1.165, 1.54) is 18.2 Å². The molecule has 0 spiro atoms. The van der Waals surface area contributed by atoms with Crippen molar-refractivity contribution in [2.75, 3.05) is 5.73 Å². The summed E-state index contributed by atoms with van der Waals surface area (Å²) in [6.07, 6.45) is 0. The molecule has 8 heteroatoms. The summed E-state index contributed by atoms with van der Waals surface area (Å²) in [4.78, 5) is 16.2. The van der Waals surface area contributed by atoms with E-state index in [9.17, 15) is 14.3 Å². The van der Waals surface area contributed by atoms with E-state index in [1.807, 2.05) is 0 Å². The number of rotatable bonds is 1. The van der Waals surface area contributed by atoms with Crippen LogP contribution in [-0.2, 0) is 0 Å². The number of halogens is 1. The van der Waals surface area contributed by atoms with Crippen LogP contribution in [0, 0.1) is 5.82 Å². The molecule has 2 aromatic heterocycles. The summed E-state index contributed by atoms with van der Waals surface area (Å²) in [7, 11) is 0. The Bertz CT molecular complexity index is 842. The molecule has 96 valence electrons. The second-order valence-corrected chi connectivity index (χ2v) is 4.75. The average molecular weight is 278 g/mol. The third kappa shape index (κ3) is 1.82. The van der Waals surface area contributed by atoms with Gasteiger partial charge in [-0.1, -0.05) is 23.5 Å². The van der Waals surface area contributed by atoms with Crippen LogP contribution in [0.4, 0.5) is 9.52 Å². The van der Waals surface area contributed by atoms with Crippen LogP contribution in [0.3, 0.4) is 0 Å². The maximum atomic E-state index is 13.2. The summed E-state index contributed by atoms with van der Waals surface area (Å²) in [5, 5.41) is 13.8. The van der Waals surface area contributed by atoms with Gasteiger partial charge in [0.1, 0.15) is 11.4 Å². The molecule has 0 saturated heterocycles. The molecule has 0 aliphatic rings. The smallest absolute Gasteiger partial charge is 0.287 e. The number of fused-ring (bicyclic) bond motifs is 1. The molecular weight excluding hydrogens is 271 g/mol. The second kappa shape index (κ2) is 4.02. The van der Waals surface area contributed by atoms with Gasteiger partial charge in [0.2, 0.25) is 16.0 Å². The zero-order valence-corrected chi connectivity index (χ0v) is 10.2. The lowest BCUT2D eigenvalue weighted by Gasteiger charge is -2.03. The van der Waals surface area contributed by atoms with Crippen molar-refractivity contribution in [2.45, 2.75) is 0 Å². The van der Waals surface area contributed by atoms with Crippen LogP contribution >= 0.6 is 11.3 Å². The van der Waals surface area contributed by atoms with Gasteiger partial charge in [-0.2, -0.15) is 9.50 Å². The Labute approximate surface area is 109 Å². The Hall–Kier alpha value is -2.48. The molecule has 3 aromatic rings. The summed E-state index contributed by atoms with van der Waals surface area (Å²) in [5.41, 5.74) is 5.02. The Balaban J connectivity index is 2.38. The molecule has 3 rings (SSSR count). The fraction of sp³-hybridized carbons (Fsp3) is 0. The highest BCUT2D eigenvalue weighted by atomic mass is 32.1. The lowest BCUT2D eigenvalue weighted by atomic mass is 10.1. The predicted octanol–water partition coefficient (Wildman–Crippen LogP) is 1.24. The monoisotopic (exact) mass is 278 g/mol. The number of anilines is 1. The van der Waals surface area contributed by atoms with Gasteiger partial charge in [0.25, 0.3) is 5.56 Å². The minimum atomic E-state index is -0.596. The number of hydrogen-bond donors (Lipinski definition) is 2. The van der Waals surface area contributed by atoms with Crippen molar-refractivity contribution < 1.29 is 9.50 Å². The number of nitrogen functional groups attached to an aromatic ring is 1. The van der Waals surface area contributed by atoms with Gasteiger partial charge in [-0.05, 0) is 17.7 Å². The fourth-order valence-corrected chi connectivity index (χ4v) is 2.40. The molecule has 0 saturated carbocycles. The Morgan fingerprint density at radius 1 is 1.42 bits per heavy atom. The second-order valence-electron chi connectivity index (χ2n) is 3.76. The largest absolute Gasteiger partial charge is 0.493 e. The molecule has 19 heavy (non-hydrogen) atoms. The minimum absolute atomic E-state index is 0.109. The van der Waals surface area contributed by atoms with Crippen LogP contribution in [0.15, 0.2) is 29.1 Å². The maximum Gasteiger partial charge on any atom is 0.287 e. The predicted molar refractivity (Wildman–Crippen MR) is 68.6 cm³/mol. The van der Waals surface area contributed by atoms with Crippen LogP contribution < -0.4 is 11.3 Å². The molecule has 0 aliphatic carbocycles. The van der Waals surface area contributed by atoms with Crippen LogP contribution in [0.2, 0.25) is 0 Å². The van der Waals surface area contributed by atoms with Crippen molar-refractivity contribution in [1.82, 2.24) is 14.6 Å². The lowest BCUT2D eigenvalue weighted by molar-refractivity contribution is 0.455. The zero-order valence-electron chi connectivity index (χ0n) is 9.37. The third-order valence-corrected chi connectivity index (χ3v) is 3.26. The van der Waals surface area contributed by atoms with E-state index in [0.717, 1.165) is 21.9 Å². The van der Waals surface area contributed by atoms with Gasteiger partial charge in [0.15, 0.2) is 0 Å². The number of nitrogens with two attached hydrogens (primary N) is 1. The van der Waals surface area contributed by atoms with E-state index < -0.39 is 17.3 Å². The van der Waals surface area contributed by atoms with Crippen molar-refractivity contribution in [1.29, 1.82) is 0 Å². The van der Waals surface area contributed by atoms with Gasteiger partial charge in [-0.25, -0.2) is 4.39 Å². The first-order valence-electron chi connectivity index (χ1n) is 5.20. The molecule has 0 radical (unpaired) electrons. The molecule has 1 aromatic carbocycles. The highest BCUT2D eigenvalue weighted by Crippen LogP contribution is 2.26. The van der Waals surface area contributed by atoms with Crippen LogP contribution in [-0.4, -0.2) is 19.7 Å². The van der Waals surface area contributed by atoms with Gasteiger partial charge in [0.05, 0.1) is 0 Å². The summed E-state index contributed by atoms with van der Waals surface area (Å²) in [5.74, 6) is -0.988. The van der Waals surface area contributed by atoms with E-state index in [4.69, 9.17) is 5.73 Å². The average Bonchev–Trinajstić information content (AvgIpc) is 2.70. The number of benzene rings is 1. The van der Waals surface area contributed by atoms with Crippen LogP contribution in [0.1, 0.15) is 0 Å². The van der Waals surface area contributed by atoms with Crippen molar-refractivity contribution in [3.8, 4) is 17.0 Å². The third-order valence-electron chi connectivity index (χ3n) is 2.52. The summed E-state index contributed by atoms with van der Waals surface area (Å²) in [6, 6.07) is 5.32. The first-order valence-corrected chi connectivity index (χ1v) is 6.02. The Kier molecular flexibility index (Phi) is 2.46. The lowest BCUT2D eigenvalue weighted by Crippen LogP contribution is -2.17. The van der Waals surface area contributed by atoms with Gasteiger partial charge in [0, 0.05) is 0 Å². The number of aromatic hydroxyl groups is 1. The first-order chi connectivity index (χ1) is 9.06. The number of aromatic nitrogens is 3. The van der Waals surface area contributed by atoms with E-state index in [2.05, 4.69) is 10.1 Å². The molecule has 0 atom stereocenters. The minimum Gasteiger partial charge on any atom is -0.493 e. The van der Waals surface area contributed by atoms with Crippen molar-refractivity contribution in [3.63, 3.8) is 0 Å². The Morgan fingerprint density at radius 3 is 2.95 bits per heavy atom. The standard InChI is InChI=1S/C11H7FN4O2S/c12-6-3-1-2-5(4-6)7-8(17)14-11-16(9(7)18)15-10(13)19-11/h1-4,17H,(H2,13,15). The molecular formula is C11H7FN4O2S. The quantitative estimate of drug-likeness (QED) is 0.698. The highest BCUT2D eigenvalue weighted by Gasteiger charge is 2.17. The van der Waals surface area contributed by atoms with Gasteiger partial charge in [-0.3, -0.25) is 4.79 Å². The summed E-state index contributed by atoms with van der Waals surface area (Å²) in [6.45, 7) is 0. The van der Waals surface area contributed by atoms with Gasteiger partial charge in [-0.15, -0.1) is 5.10 Å². The molecule has 0 fully saturated rings. The first kappa shape index (κ1) is 11.6. The fourth-order valence-electron chi connectivity index (χ4n) is 1.75. The van der Waals surface area contributed by atoms with E-state index in [0.29, 0.717) is 0 Å². The SMILES string of the molecule is Nc1nn2c(=O)c(-c3cccc(F)c3)c(O)nc2s1. The summed E-state index contributed by atoms with van der Waals surface area (Å²) < 4.78 is 14.2. The molecule has 0 aliphatic heterocycles. The van der Waals surface area contributed by atoms with E-state index in [-0.39, 0.29) is 21.2 Å². The highest BCUT2D eigenvalue weighted by molar-refractivity contribution is 7.20. The molecule has 3 N–H and O–H groups in total. The zero-order chi connectivity index (χ0) is 13.6. The Morgan fingerprint density at radius 2 is 2.21 bits per heavy atom. The van der Waals surface area contributed by atoms with Gasteiger partial charge >= 0.3 is 0 Å².